The number of benzene rings is 3. The molecule has 7 nitrogen and oxygen atoms in total. The number of Topliss-reactive ketones (excluding diaryl/α,β-unsaturated/α-hetero) is 1. The third-order valence-electron chi connectivity index (χ3n) is 7.44. The van der Waals surface area contributed by atoms with Crippen LogP contribution in [0.5, 0.6) is 0 Å². The summed E-state index contributed by atoms with van der Waals surface area (Å²) in [5.74, 6) is 0.229. The third kappa shape index (κ3) is 5.17. The van der Waals surface area contributed by atoms with E-state index in [1.54, 1.807) is 46.7 Å². The minimum absolute atomic E-state index is 0.0631. The van der Waals surface area contributed by atoms with Crippen LogP contribution in [0.2, 0.25) is 0 Å². The summed E-state index contributed by atoms with van der Waals surface area (Å²) in [6.07, 6.45) is -0.335. The number of nitrogens with zero attached hydrogens (tertiary/aromatic N) is 3. The zero-order valence-corrected chi connectivity index (χ0v) is 24.4. The number of rotatable bonds is 5. The average molecular weight is 601 g/mol. The van der Waals surface area contributed by atoms with E-state index < -0.39 is 6.10 Å². The second-order valence-corrected chi connectivity index (χ2v) is 11.2. The quantitative estimate of drug-likeness (QED) is 0.292. The first-order valence-corrected chi connectivity index (χ1v) is 14.0. The molecular weight excluding hydrogens is 570 g/mol. The lowest BCUT2D eigenvalue weighted by Crippen LogP contribution is -2.46. The van der Waals surface area contributed by atoms with Crippen molar-refractivity contribution >= 4 is 27.6 Å². The van der Waals surface area contributed by atoms with Crippen molar-refractivity contribution in [2.24, 2.45) is 0 Å². The lowest BCUT2D eigenvalue weighted by molar-refractivity contribution is 0.0653. The van der Waals surface area contributed by atoms with Gasteiger partial charge in [0.1, 0.15) is 5.82 Å². The zero-order chi connectivity index (χ0) is 28.7. The number of aliphatic hydroxyl groups excluding tert-OH is 1. The summed E-state index contributed by atoms with van der Waals surface area (Å²) >= 11 is 3.49. The van der Waals surface area contributed by atoms with Crippen LogP contribution in [0.15, 0.2) is 76.0 Å². The Labute approximate surface area is 241 Å². The number of aryl methyl sites for hydroxylation is 1. The van der Waals surface area contributed by atoms with E-state index in [9.17, 15) is 19.5 Å². The van der Waals surface area contributed by atoms with Gasteiger partial charge in [-0.2, -0.15) is 0 Å². The molecule has 2 atom stereocenters. The summed E-state index contributed by atoms with van der Waals surface area (Å²) in [4.78, 5) is 46.3. The number of hydrogen-bond acceptors (Lipinski definition) is 5. The smallest absolute Gasteiger partial charge is 0.261 e. The van der Waals surface area contributed by atoms with Gasteiger partial charge in [-0.3, -0.25) is 19.0 Å². The van der Waals surface area contributed by atoms with Crippen LogP contribution < -0.4 is 5.56 Å². The van der Waals surface area contributed by atoms with Crippen molar-refractivity contribution in [2.75, 3.05) is 0 Å². The monoisotopic (exact) mass is 599 g/mol. The predicted octanol–water partition coefficient (Wildman–Crippen LogP) is 5.81. The van der Waals surface area contributed by atoms with Crippen LogP contribution in [0.4, 0.5) is 0 Å². The van der Waals surface area contributed by atoms with E-state index in [1.165, 1.54) is 6.92 Å². The van der Waals surface area contributed by atoms with E-state index in [0.717, 1.165) is 10.0 Å². The first-order chi connectivity index (χ1) is 19.0. The van der Waals surface area contributed by atoms with Gasteiger partial charge >= 0.3 is 0 Å². The molecule has 2 unspecified atom stereocenters. The number of halogens is 1. The van der Waals surface area contributed by atoms with E-state index >= 15 is 0 Å². The highest BCUT2D eigenvalue weighted by atomic mass is 79.9. The van der Waals surface area contributed by atoms with Gasteiger partial charge < -0.3 is 10.0 Å². The van der Waals surface area contributed by atoms with Gasteiger partial charge in [-0.1, -0.05) is 34.1 Å². The Morgan fingerprint density at radius 2 is 1.75 bits per heavy atom. The molecule has 1 aromatic heterocycles. The van der Waals surface area contributed by atoms with Crippen molar-refractivity contribution in [3.63, 3.8) is 0 Å². The van der Waals surface area contributed by atoms with Crippen LogP contribution in [0.3, 0.4) is 0 Å². The van der Waals surface area contributed by atoms with Crippen LogP contribution in [0, 0.1) is 6.92 Å². The summed E-state index contributed by atoms with van der Waals surface area (Å²) in [6.45, 7) is 7.27. The molecule has 8 heteroatoms. The number of hydrogen-bond donors (Lipinski definition) is 1. The molecule has 1 N–H and O–H groups in total. The molecule has 0 aliphatic carbocycles. The van der Waals surface area contributed by atoms with E-state index in [2.05, 4.69) is 15.9 Å². The molecule has 1 amide bonds. The maximum absolute atomic E-state index is 14.1. The molecule has 0 bridgehead atoms. The van der Waals surface area contributed by atoms with Crippen LogP contribution in [0.1, 0.15) is 70.0 Å². The first kappa shape index (κ1) is 27.7. The molecule has 3 aromatic carbocycles. The Morgan fingerprint density at radius 1 is 1.05 bits per heavy atom. The fourth-order valence-electron chi connectivity index (χ4n) is 5.09. The fraction of sp³-hybridized carbons (Fsp3) is 0.250. The SMILES string of the molecule is CC(=O)c1ccc(-n2c(-c3cccc(C(C)O)c3)nc3c(c2=O)CC(C)N(C(=O)c2ccc(Br)c(C)c2)C3)cc1. The molecular formula is C32H30BrN3O4. The van der Waals surface area contributed by atoms with Crippen LogP contribution in [0.25, 0.3) is 17.1 Å². The molecule has 5 rings (SSSR count). The molecule has 2 heterocycles. The Hall–Kier alpha value is -3.88. The molecule has 0 radical (unpaired) electrons. The van der Waals surface area contributed by atoms with Crippen LogP contribution in [-0.4, -0.2) is 37.3 Å². The Morgan fingerprint density at radius 3 is 2.40 bits per heavy atom. The number of aliphatic hydroxyl groups is 1. The molecule has 4 aromatic rings. The van der Waals surface area contributed by atoms with E-state index in [4.69, 9.17) is 4.98 Å². The van der Waals surface area contributed by atoms with Crippen molar-refractivity contribution in [1.29, 1.82) is 0 Å². The maximum atomic E-state index is 14.1. The van der Waals surface area contributed by atoms with Gasteiger partial charge in [-0.25, -0.2) is 4.98 Å². The predicted molar refractivity (Wildman–Crippen MR) is 158 cm³/mol. The second kappa shape index (κ2) is 10.9. The lowest BCUT2D eigenvalue weighted by Gasteiger charge is -2.34. The normalized spacial score (nSPS) is 15.4. The molecule has 0 spiro atoms. The number of carbonyl (C=O) groups is 2. The fourth-order valence-corrected chi connectivity index (χ4v) is 5.34. The lowest BCUT2D eigenvalue weighted by atomic mass is 9.97. The van der Waals surface area contributed by atoms with Gasteiger partial charge in [0.2, 0.25) is 0 Å². The highest BCUT2D eigenvalue weighted by molar-refractivity contribution is 9.10. The Kier molecular flexibility index (Phi) is 7.57. The molecule has 1 aliphatic rings. The average Bonchev–Trinajstić information content (AvgIpc) is 2.94. The van der Waals surface area contributed by atoms with Gasteiger partial charge in [0.15, 0.2) is 5.78 Å². The standard InChI is InChI=1S/C32H30BrN3O4/c1-18-14-25(10-13-28(18)33)31(39)35-17-29-27(15-19(35)2)32(40)36(26-11-8-22(9-12-26)20(3)37)30(34-29)24-7-5-6-23(16-24)21(4)38/h5-14,16,19,21,38H,15,17H2,1-4H3. The summed E-state index contributed by atoms with van der Waals surface area (Å²) in [5, 5.41) is 10.2. The Balaban J connectivity index is 1.66. The third-order valence-corrected chi connectivity index (χ3v) is 8.33. The number of ketones is 1. The highest BCUT2D eigenvalue weighted by Crippen LogP contribution is 2.29. The molecule has 0 saturated carbocycles. The minimum atomic E-state index is -0.698. The molecule has 40 heavy (non-hydrogen) atoms. The van der Waals surface area contributed by atoms with Gasteiger partial charge in [0.25, 0.3) is 11.5 Å². The van der Waals surface area contributed by atoms with Crippen molar-refractivity contribution in [2.45, 2.75) is 52.8 Å². The van der Waals surface area contributed by atoms with Crippen molar-refractivity contribution in [1.82, 2.24) is 14.5 Å². The van der Waals surface area contributed by atoms with Crippen molar-refractivity contribution in [3.8, 4) is 17.1 Å². The second-order valence-electron chi connectivity index (χ2n) is 10.4. The zero-order valence-electron chi connectivity index (χ0n) is 22.8. The number of amides is 1. The van der Waals surface area contributed by atoms with Crippen molar-refractivity contribution in [3.05, 3.63) is 115 Å². The molecule has 1 aliphatic heterocycles. The molecule has 0 fully saturated rings. The largest absolute Gasteiger partial charge is 0.389 e. The summed E-state index contributed by atoms with van der Waals surface area (Å²) < 4.78 is 2.50. The van der Waals surface area contributed by atoms with Crippen LogP contribution >= 0.6 is 15.9 Å². The van der Waals surface area contributed by atoms with Gasteiger partial charge in [-0.05, 0) is 93.8 Å². The minimum Gasteiger partial charge on any atom is -0.389 e. The highest BCUT2D eigenvalue weighted by Gasteiger charge is 2.32. The van der Waals surface area contributed by atoms with E-state index in [1.807, 2.05) is 50.2 Å². The van der Waals surface area contributed by atoms with Gasteiger partial charge in [0.05, 0.1) is 24.0 Å². The Bertz CT molecular complexity index is 1690. The van der Waals surface area contributed by atoms with Gasteiger partial charge in [0, 0.05) is 32.8 Å². The van der Waals surface area contributed by atoms with E-state index in [-0.39, 0.29) is 29.8 Å². The topological polar surface area (TPSA) is 92.5 Å². The summed E-state index contributed by atoms with van der Waals surface area (Å²) in [5.41, 5.74) is 4.94. The van der Waals surface area contributed by atoms with Crippen LogP contribution in [-0.2, 0) is 13.0 Å². The molecule has 204 valence electrons. The summed E-state index contributed by atoms with van der Waals surface area (Å²) in [7, 11) is 0. The van der Waals surface area contributed by atoms with E-state index in [0.29, 0.717) is 51.4 Å². The first-order valence-electron chi connectivity index (χ1n) is 13.2. The van der Waals surface area contributed by atoms with Crippen molar-refractivity contribution < 1.29 is 14.7 Å². The van der Waals surface area contributed by atoms with Gasteiger partial charge in [-0.15, -0.1) is 0 Å². The number of fused-ring (bicyclic) bond motifs is 1. The number of carbonyl (C=O) groups excluding carboxylic acids is 2. The summed E-state index contributed by atoms with van der Waals surface area (Å²) in [6, 6.07) is 19.5. The number of aromatic nitrogens is 2. The molecule has 0 saturated heterocycles. The maximum Gasteiger partial charge on any atom is 0.261 e.